The van der Waals surface area contributed by atoms with E-state index in [0.29, 0.717) is 12.4 Å². The lowest BCUT2D eigenvalue weighted by Crippen LogP contribution is -2.19. The van der Waals surface area contributed by atoms with Gasteiger partial charge in [0.15, 0.2) is 0 Å². The van der Waals surface area contributed by atoms with Gasteiger partial charge in [-0.25, -0.2) is 4.68 Å². The predicted molar refractivity (Wildman–Crippen MR) is 65.1 cm³/mol. The number of carbonyl (C=O) groups is 1. The highest BCUT2D eigenvalue weighted by Gasteiger charge is 2.09. The average Bonchev–Trinajstić information content (AvgIpc) is 2.96. The number of hydrogen-bond donors (Lipinski definition) is 2. The number of nitrogens with one attached hydrogen (secondary N) is 2. The van der Waals surface area contributed by atoms with Gasteiger partial charge in [-0.2, -0.15) is 0 Å². The number of nitrogens with zero attached hydrogens (tertiary/aromatic N) is 5. The Morgan fingerprint density at radius 2 is 2.26 bits per heavy atom. The molecule has 0 unspecified atom stereocenters. The second kappa shape index (κ2) is 6.05. The van der Waals surface area contributed by atoms with Crippen LogP contribution in [0.5, 0.6) is 0 Å². The number of amides is 1. The van der Waals surface area contributed by atoms with Gasteiger partial charge in [0.2, 0.25) is 11.8 Å². The van der Waals surface area contributed by atoms with Gasteiger partial charge >= 0.3 is 6.01 Å². The molecular formula is C10H15N7O2. The number of anilines is 1. The van der Waals surface area contributed by atoms with E-state index in [-0.39, 0.29) is 18.5 Å². The SMILES string of the molecule is CCNCc1cn(CC(=O)Nc2nnc(C)o2)nn1. The number of aromatic nitrogens is 5. The molecule has 2 heterocycles. The highest BCUT2D eigenvalue weighted by Crippen LogP contribution is 2.03. The van der Waals surface area contributed by atoms with Crippen LogP contribution in [0, 0.1) is 6.92 Å². The third kappa shape index (κ3) is 3.85. The van der Waals surface area contributed by atoms with Crippen LogP contribution in [0.1, 0.15) is 18.5 Å². The molecule has 9 nitrogen and oxygen atoms in total. The zero-order valence-electron chi connectivity index (χ0n) is 10.8. The van der Waals surface area contributed by atoms with Crippen LogP contribution in [0.2, 0.25) is 0 Å². The molecule has 0 saturated carbocycles. The number of carbonyl (C=O) groups excluding carboxylic acids is 1. The summed E-state index contributed by atoms with van der Waals surface area (Å²) in [6, 6.07) is 0.0792. The molecule has 0 aliphatic carbocycles. The third-order valence-electron chi connectivity index (χ3n) is 2.22. The molecule has 2 aromatic heterocycles. The van der Waals surface area contributed by atoms with Gasteiger partial charge in [0, 0.05) is 13.5 Å². The molecule has 0 fully saturated rings. The first-order chi connectivity index (χ1) is 9.17. The fourth-order valence-corrected chi connectivity index (χ4v) is 1.40. The lowest BCUT2D eigenvalue weighted by atomic mass is 10.4. The van der Waals surface area contributed by atoms with Gasteiger partial charge in [-0.15, -0.1) is 10.2 Å². The molecule has 2 aromatic rings. The van der Waals surface area contributed by atoms with Crippen molar-refractivity contribution in [2.75, 3.05) is 11.9 Å². The minimum Gasteiger partial charge on any atom is -0.408 e. The van der Waals surface area contributed by atoms with Crippen LogP contribution >= 0.6 is 0 Å². The summed E-state index contributed by atoms with van der Waals surface area (Å²) in [4.78, 5) is 11.7. The van der Waals surface area contributed by atoms with Gasteiger partial charge in [-0.1, -0.05) is 17.2 Å². The molecule has 19 heavy (non-hydrogen) atoms. The Morgan fingerprint density at radius 1 is 1.42 bits per heavy atom. The van der Waals surface area contributed by atoms with E-state index in [2.05, 4.69) is 31.1 Å². The Labute approximate surface area is 109 Å². The second-order valence-corrected chi connectivity index (χ2v) is 3.86. The number of hydrogen-bond acceptors (Lipinski definition) is 7. The van der Waals surface area contributed by atoms with E-state index in [1.807, 2.05) is 6.92 Å². The lowest BCUT2D eigenvalue weighted by molar-refractivity contribution is -0.117. The molecule has 0 saturated heterocycles. The van der Waals surface area contributed by atoms with Crippen LogP contribution in [0.3, 0.4) is 0 Å². The number of rotatable bonds is 6. The molecule has 0 aromatic carbocycles. The van der Waals surface area contributed by atoms with Crippen molar-refractivity contribution >= 4 is 11.9 Å². The minimum absolute atomic E-state index is 0.0422. The van der Waals surface area contributed by atoms with Gasteiger partial charge in [0.05, 0.1) is 11.9 Å². The fraction of sp³-hybridized carbons (Fsp3) is 0.500. The van der Waals surface area contributed by atoms with E-state index >= 15 is 0 Å². The third-order valence-corrected chi connectivity index (χ3v) is 2.22. The molecule has 0 aliphatic rings. The van der Waals surface area contributed by atoms with Crippen molar-refractivity contribution in [2.45, 2.75) is 26.9 Å². The van der Waals surface area contributed by atoms with Crippen molar-refractivity contribution in [1.82, 2.24) is 30.5 Å². The summed E-state index contributed by atoms with van der Waals surface area (Å²) >= 11 is 0. The standard InChI is InChI=1S/C10H15N7O2/c1-3-11-4-8-5-17(16-14-8)6-9(18)12-10-15-13-7(2)19-10/h5,11H,3-4,6H2,1-2H3,(H,12,15,18). The maximum atomic E-state index is 11.7. The van der Waals surface area contributed by atoms with Crippen LogP contribution in [0.25, 0.3) is 0 Å². The van der Waals surface area contributed by atoms with Crippen molar-refractivity contribution in [2.24, 2.45) is 0 Å². The average molecular weight is 265 g/mol. The summed E-state index contributed by atoms with van der Waals surface area (Å²) < 4.78 is 6.49. The van der Waals surface area contributed by atoms with E-state index in [0.717, 1.165) is 12.2 Å². The highest BCUT2D eigenvalue weighted by atomic mass is 16.4. The summed E-state index contributed by atoms with van der Waals surface area (Å²) in [6.07, 6.45) is 1.71. The summed E-state index contributed by atoms with van der Waals surface area (Å²) in [6.45, 7) is 5.17. The zero-order valence-corrected chi connectivity index (χ0v) is 10.8. The molecule has 2 N–H and O–H groups in total. The van der Waals surface area contributed by atoms with Gasteiger partial charge in [-0.3, -0.25) is 10.1 Å². The molecule has 0 bridgehead atoms. The van der Waals surface area contributed by atoms with Crippen molar-refractivity contribution < 1.29 is 9.21 Å². The summed E-state index contributed by atoms with van der Waals surface area (Å²) in [5.41, 5.74) is 0.781. The van der Waals surface area contributed by atoms with E-state index in [4.69, 9.17) is 4.42 Å². The Morgan fingerprint density at radius 3 is 2.95 bits per heavy atom. The molecule has 0 spiro atoms. The summed E-state index contributed by atoms with van der Waals surface area (Å²) in [5, 5.41) is 20.7. The Bertz CT molecular complexity index is 548. The van der Waals surface area contributed by atoms with Gasteiger partial charge < -0.3 is 9.73 Å². The summed E-state index contributed by atoms with van der Waals surface area (Å²) in [7, 11) is 0. The minimum atomic E-state index is -0.302. The normalized spacial score (nSPS) is 10.6. The fourth-order valence-electron chi connectivity index (χ4n) is 1.40. The monoisotopic (exact) mass is 265 g/mol. The smallest absolute Gasteiger partial charge is 0.322 e. The molecule has 0 aliphatic heterocycles. The Hall–Kier alpha value is -2.29. The van der Waals surface area contributed by atoms with E-state index in [1.165, 1.54) is 4.68 Å². The first-order valence-corrected chi connectivity index (χ1v) is 5.87. The predicted octanol–water partition coefficient (Wildman–Crippen LogP) is -0.282. The van der Waals surface area contributed by atoms with Crippen molar-refractivity contribution in [3.8, 4) is 0 Å². The highest BCUT2D eigenvalue weighted by molar-refractivity contribution is 5.88. The van der Waals surface area contributed by atoms with Crippen molar-refractivity contribution in [3.05, 3.63) is 17.8 Å². The maximum absolute atomic E-state index is 11.7. The van der Waals surface area contributed by atoms with Gasteiger partial charge in [0.1, 0.15) is 6.54 Å². The van der Waals surface area contributed by atoms with Crippen molar-refractivity contribution in [1.29, 1.82) is 0 Å². The van der Waals surface area contributed by atoms with E-state index < -0.39 is 0 Å². The van der Waals surface area contributed by atoms with Crippen LogP contribution < -0.4 is 10.6 Å². The lowest BCUT2D eigenvalue weighted by Gasteiger charge is -1.99. The molecule has 0 atom stereocenters. The first kappa shape index (κ1) is 13.1. The van der Waals surface area contributed by atoms with Crippen LogP contribution in [0.15, 0.2) is 10.6 Å². The number of aryl methyl sites for hydroxylation is 1. The van der Waals surface area contributed by atoms with Gasteiger partial charge in [-0.05, 0) is 6.54 Å². The Kier molecular flexibility index (Phi) is 4.18. The van der Waals surface area contributed by atoms with Crippen LogP contribution in [-0.2, 0) is 17.9 Å². The summed E-state index contributed by atoms with van der Waals surface area (Å²) in [5.74, 6) is 0.0903. The largest absolute Gasteiger partial charge is 0.408 e. The molecule has 2 rings (SSSR count). The Balaban J connectivity index is 1.86. The molecule has 0 radical (unpaired) electrons. The zero-order chi connectivity index (χ0) is 13.7. The molecule has 1 amide bonds. The van der Waals surface area contributed by atoms with E-state index in [9.17, 15) is 4.79 Å². The molecule has 102 valence electrons. The quantitative estimate of drug-likeness (QED) is 0.738. The van der Waals surface area contributed by atoms with Crippen LogP contribution in [0.4, 0.5) is 6.01 Å². The van der Waals surface area contributed by atoms with E-state index in [1.54, 1.807) is 13.1 Å². The maximum Gasteiger partial charge on any atom is 0.322 e. The van der Waals surface area contributed by atoms with Crippen LogP contribution in [-0.4, -0.2) is 37.6 Å². The molecule has 9 heteroatoms. The van der Waals surface area contributed by atoms with Crippen molar-refractivity contribution in [3.63, 3.8) is 0 Å². The molecular weight excluding hydrogens is 250 g/mol. The second-order valence-electron chi connectivity index (χ2n) is 3.86. The van der Waals surface area contributed by atoms with Gasteiger partial charge in [0.25, 0.3) is 0 Å². The first-order valence-electron chi connectivity index (χ1n) is 5.87. The topological polar surface area (TPSA) is 111 Å².